The van der Waals surface area contributed by atoms with E-state index in [9.17, 15) is 5.48 Å². The maximum atomic E-state index is 9.58. The minimum Gasteiger partial charge on any atom is -0.455 e. The fourth-order valence-corrected chi connectivity index (χ4v) is 7.76. The Balaban J connectivity index is 1.05. The van der Waals surface area contributed by atoms with Crippen molar-refractivity contribution in [1.82, 2.24) is 0 Å². The van der Waals surface area contributed by atoms with Crippen LogP contribution in [0.25, 0.3) is 88.3 Å². The van der Waals surface area contributed by atoms with Crippen LogP contribution in [0.3, 0.4) is 0 Å². The lowest BCUT2D eigenvalue weighted by Crippen LogP contribution is -2.09. The molecule has 10 aromatic carbocycles. The molecule has 1 heterocycles. The van der Waals surface area contributed by atoms with E-state index in [-0.39, 0.29) is 5.69 Å². The zero-order chi connectivity index (χ0) is 51.1. The van der Waals surface area contributed by atoms with Crippen LogP contribution < -0.4 is 4.90 Å². The monoisotopic (exact) mass is 778 g/mol. The summed E-state index contributed by atoms with van der Waals surface area (Å²) in [6.45, 7) is 0. The number of fused-ring (bicyclic) bond motifs is 5. The molecule has 0 saturated carbocycles. The highest BCUT2D eigenvalue weighted by Crippen LogP contribution is 2.42. The molecule has 0 aliphatic carbocycles. The number of hydrogen-bond donors (Lipinski definition) is 0. The van der Waals surface area contributed by atoms with Gasteiger partial charge in [0, 0.05) is 33.2 Å². The van der Waals surface area contributed by atoms with Crippen molar-refractivity contribution in [3.8, 4) is 55.6 Å². The van der Waals surface area contributed by atoms with Gasteiger partial charge >= 0.3 is 0 Å². The van der Waals surface area contributed by atoms with Gasteiger partial charge in [0.15, 0.2) is 0 Å². The Kier molecular flexibility index (Phi) is 6.06. The molecule has 0 spiro atoms. The SMILES string of the molecule is [2H]c1c([2H])c([2H])c(-c2c([2H])c([2H])c(-c3c([2H])c([2H])c(N(c4ccc(-c5ccc(-c6ccccc6)cc5)cc4)c4ccc(-c5cccc6oc7c8ccccc8ccc7c56)cc4)c([2H])c3[2H])c([2H])c2[2H])c([2H])c1[2H]. The second kappa shape index (κ2) is 15.1. The molecule has 0 N–H and O–H groups in total. The van der Waals surface area contributed by atoms with Crippen molar-refractivity contribution in [2.45, 2.75) is 0 Å². The van der Waals surface area contributed by atoms with E-state index < -0.39 is 101 Å². The number of anilines is 3. The highest BCUT2D eigenvalue weighted by atomic mass is 16.3. The maximum absolute atomic E-state index is 9.58. The first kappa shape index (κ1) is 24.1. The maximum Gasteiger partial charge on any atom is 0.143 e. The van der Waals surface area contributed by atoms with Gasteiger partial charge < -0.3 is 9.32 Å². The van der Waals surface area contributed by atoms with Gasteiger partial charge in [-0.2, -0.15) is 0 Å². The van der Waals surface area contributed by atoms with E-state index in [1.807, 2.05) is 133 Å². The summed E-state index contributed by atoms with van der Waals surface area (Å²) in [5.74, 6) is 0. The van der Waals surface area contributed by atoms with Gasteiger partial charge in [0.1, 0.15) is 11.2 Å². The number of rotatable bonds is 8. The molecular formula is C58H39NO. The van der Waals surface area contributed by atoms with E-state index >= 15 is 0 Å². The molecule has 0 aliphatic heterocycles. The second-order valence-electron chi connectivity index (χ2n) is 14.3. The average Bonchev–Trinajstić information content (AvgIpc) is 3.82. The van der Waals surface area contributed by atoms with Crippen molar-refractivity contribution < 1.29 is 22.2 Å². The van der Waals surface area contributed by atoms with Crippen LogP contribution in [0.5, 0.6) is 0 Å². The molecule has 0 saturated heterocycles. The molecule has 0 bridgehead atoms. The minimum absolute atomic E-state index is 0.146. The van der Waals surface area contributed by atoms with E-state index in [1.54, 1.807) is 4.90 Å². The van der Waals surface area contributed by atoms with Gasteiger partial charge in [-0.15, -0.1) is 0 Å². The van der Waals surface area contributed by atoms with Crippen LogP contribution in [0.1, 0.15) is 17.8 Å². The Morgan fingerprint density at radius 2 is 0.850 bits per heavy atom. The zero-order valence-electron chi connectivity index (χ0n) is 44.9. The minimum atomic E-state index is -0.778. The summed E-state index contributed by atoms with van der Waals surface area (Å²) in [4.78, 5) is 1.62. The molecular weight excluding hydrogens is 727 g/mol. The molecule has 1 aromatic heterocycles. The first-order chi connectivity index (χ1) is 35.2. The number of furan rings is 1. The third-order valence-corrected chi connectivity index (χ3v) is 10.7. The lowest BCUT2D eigenvalue weighted by atomic mass is 9.97. The van der Waals surface area contributed by atoms with Crippen LogP contribution in [0.15, 0.2) is 241 Å². The summed E-state index contributed by atoms with van der Waals surface area (Å²) in [5.41, 5.74) is 5.95. The topological polar surface area (TPSA) is 16.4 Å². The summed E-state index contributed by atoms with van der Waals surface area (Å²) in [5, 5.41) is 3.95. The summed E-state index contributed by atoms with van der Waals surface area (Å²) < 4.78 is 122. The zero-order valence-corrected chi connectivity index (χ0v) is 31.9. The number of nitrogens with zero attached hydrogens (tertiary/aromatic N) is 1. The fraction of sp³-hybridized carbons (Fsp3) is 0. The van der Waals surface area contributed by atoms with Crippen LogP contribution in [0.2, 0.25) is 0 Å². The third kappa shape index (κ3) is 6.51. The molecule has 11 rings (SSSR count). The summed E-state index contributed by atoms with van der Waals surface area (Å²) in [7, 11) is 0. The molecule has 0 fully saturated rings. The highest BCUT2D eigenvalue weighted by molar-refractivity contribution is 6.19. The molecule has 282 valence electrons. The lowest BCUT2D eigenvalue weighted by Gasteiger charge is -2.26. The number of hydrogen-bond acceptors (Lipinski definition) is 2. The number of benzene rings is 10. The second-order valence-corrected chi connectivity index (χ2v) is 14.3. The molecule has 0 unspecified atom stereocenters. The summed E-state index contributed by atoms with van der Waals surface area (Å²) in [6, 6.07) is 42.2. The summed E-state index contributed by atoms with van der Waals surface area (Å²) >= 11 is 0. The molecule has 60 heavy (non-hydrogen) atoms. The van der Waals surface area contributed by atoms with Crippen molar-refractivity contribution in [3.63, 3.8) is 0 Å². The van der Waals surface area contributed by atoms with Gasteiger partial charge in [0.05, 0.1) is 17.8 Å². The Morgan fingerprint density at radius 1 is 0.333 bits per heavy atom. The largest absolute Gasteiger partial charge is 0.455 e. The Bertz CT molecular complexity index is 3960. The molecule has 0 atom stereocenters. The van der Waals surface area contributed by atoms with Crippen LogP contribution in [0, 0.1) is 0 Å². The van der Waals surface area contributed by atoms with E-state index in [0.717, 1.165) is 66.1 Å². The van der Waals surface area contributed by atoms with Gasteiger partial charge in [0.25, 0.3) is 0 Å². The van der Waals surface area contributed by atoms with Crippen molar-refractivity contribution in [3.05, 3.63) is 236 Å². The van der Waals surface area contributed by atoms with E-state index in [2.05, 4.69) is 24.3 Å². The lowest BCUT2D eigenvalue weighted by molar-refractivity contribution is 0.673. The van der Waals surface area contributed by atoms with Crippen molar-refractivity contribution in [1.29, 1.82) is 0 Å². The Morgan fingerprint density at radius 3 is 1.48 bits per heavy atom. The quantitative estimate of drug-likeness (QED) is 0.153. The molecule has 2 nitrogen and oxygen atoms in total. The van der Waals surface area contributed by atoms with E-state index in [1.165, 1.54) is 0 Å². The normalized spacial score (nSPS) is 14.4. The molecule has 0 radical (unpaired) electrons. The molecule has 2 heteroatoms. The van der Waals surface area contributed by atoms with Crippen molar-refractivity contribution in [2.24, 2.45) is 0 Å². The standard InChI is InChI=1S/C58H39NO/c1-3-10-40(11-4-1)42-18-22-44(23-19-42)46-26-33-50(34-27-46)59(51-35-28-47(29-36-51)45-24-20-43(21-25-45)41-12-5-2-6-13-41)52-37-30-49(31-38-52)53-16-9-17-56-57(53)55-39-32-48-14-7-8-15-54(48)58(55)60-56/h1-39H/i1D,3D,4D,10D,11D,18D,19D,22D,23D,26D,27D,33D,34D. The first-order valence-electron chi connectivity index (χ1n) is 25.9. The van der Waals surface area contributed by atoms with Crippen LogP contribution in [-0.4, -0.2) is 0 Å². The predicted octanol–water partition coefficient (Wildman–Crippen LogP) is 16.5. The van der Waals surface area contributed by atoms with Crippen molar-refractivity contribution in [2.75, 3.05) is 4.90 Å². The van der Waals surface area contributed by atoms with Gasteiger partial charge in [-0.05, 0) is 110 Å². The van der Waals surface area contributed by atoms with Gasteiger partial charge in [-0.25, -0.2) is 0 Å². The molecule has 0 aliphatic rings. The van der Waals surface area contributed by atoms with Crippen LogP contribution in [-0.2, 0) is 0 Å². The Labute approximate surface area is 368 Å². The van der Waals surface area contributed by atoms with Crippen LogP contribution >= 0.6 is 0 Å². The third-order valence-electron chi connectivity index (χ3n) is 10.7. The van der Waals surface area contributed by atoms with E-state index in [0.29, 0.717) is 11.4 Å². The van der Waals surface area contributed by atoms with E-state index in [4.69, 9.17) is 16.8 Å². The van der Waals surface area contributed by atoms with Crippen molar-refractivity contribution >= 4 is 49.8 Å². The fourth-order valence-electron chi connectivity index (χ4n) is 7.76. The summed E-state index contributed by atoms with van der Waals surface area (Å²) in [6.07, 6.45) is 0. The average molecular weight is 779 g/mol. The predicted molar refractivity (Wildman–Crippen MR) is 253 cm³/mol. The van der Waals surface area contributed by atoms with Crippen LogP contribution in [0.4, 0.5) is 17.1 Å². The van der Waals surface area contributed by atoms with Gasteiger partial charge in [-0.3, -0.25) is 0 Å². The van der Waals surface area contributed by atoms with Gasteiger partial charge in [0.2, 0.25) is 0 Å². The van der Waals surface area contributed by atoms with Gasteiger partial charge in [-0.1, -0.05) is 188 Å². The molecule has 0 amide bonds. The Hall–Kier alpha value is -7.94. The highest BCUT2D eigenvalue weighted by Gasteiger charge is 2.17. The molecule has 11 aromatic rings. The first-order valence-corrected chi connectivity index (χ1v) is 19.4. The smallest absolute Gasteiger partial charge is 0.143 e.